The maximum Gasteiger partial charge on any atom is 0.234 e. The highest BCUT2D eigenvalue weighted by molar-refractivity contribution is 8.01. The highest BCUT2D eigenvalue weighted by Crippen LogP contribution is 2.26. The van der Waals surface area contributed by atoms with Crippen molar-refractivity contribution in [3.8, 4) is 0 Å². The lowest BCUT2D eigenvalue weighted by Crippen LogP contribution is -2.14. The molecule has 0 bridgehead atoms. The van der Waals surface area contributed by atoms with Crippen molar-refractivity contribution in [3.63, 3.8) is 0 Å². The van der Waals surface area contributed by atoms with E-state index in [1.165, 1.54) is 30.0 Å². The third kappa shape index (κ3) is 7.83. The first-order valence-corrected chi connectivity index (χ1v) is 11.3. The van der Waals surface area contributed by atoms with Gasteiger partial charge >= 0.3 is 0 Å². The number of carbonyl (C=O) groups excluding carboxylic acids is 3. The Morgan fingerprint density at radius 3 is 2.39 bits per heavy atom. The second kappa shape index (κ2) is 11.2. The van der Waals surface area contributed by atoms with E-state index in [1.54, 1.807) is 24.3 Å². The first kappa shape index (κ1) is 22.4. The van der Waals surface area contributed by atoms with E-state index in [1.807, 2.05) is 30.3 Å². The van der Waals surface area contributed by atoms with Crippen LogP contribution in [0.3, 0.4) is 0 Å². The van der Waals surface area contributed by atoms with Crippen molar-refractivity contribution in [1.29, 1.82) is 0 Å². The third-order valence-corrected chi connectivity index (χ3v) is 5.90. The van der Waals surface area contributed by atoms with E-state index >= 15 is 0 Å². The lowest BCUT2D eigenvalue weighted by atomic mass is 10.1. The van der Waals surface area contributed by atoms with E-state index in [0.717, 1.165) is 5.56 Å². The molecule has 31 heavy (non-hydrogen) atoms. The molecule has 2 aromatic carbocycles. The summed E-state index contributed by atoms with van der Waals surface area (Å²) in [6, 6.07) is 16.7. The van der Waals surface area contributed by atoms with Crippen molar-refractivity contribution in [1.82, 2.24) is 10.2 Å². The van der Waals surface area contributed by atoms with Crippen LogP contribution in [-0.2, 0) is 20.8 Å². The Labute approximate surface area is 187 Å². The van der Waals surface area contributed by atoms with Crippen molar-refractivity contribution in [2.75, 3.05) is 21.7 Å². The Kier molecular flexibility index (Phi) is 8.13. The van der Waals surface area contributed by atoms with E-state index in [2.05, 4.69) is 26.1 Å². The Bertz CT molecular complexity index is 1060. The number of carbonyl (C=O) groups is 3. The molecule has 0 radical (unpaired) electrons. The summed E-state index contributed by atoms with van der Waals surface area (Å²) < 4.78 is 0.584. The number of hydrogen-bond donors (Lipinski definition) is 3. The first-order valence-electron chi connectivity index (χ1n) is 9.45. The summed E-state index contributed by atoms with van der Waals surface area (Å²) in [6.07, 6.45) is 1.00. The van der Waals surface area contributed by atoms with Crippen molar-refractivity contribution >= 4 is 57.3 Å². The lowest BCUT2D eigenvalue weighted by molar-refractivity contribution is -0.116. The molecule has 8 nitrogen and oxygen atoms in total. The zero-order chi connectivity index (χ0) is 22.1. The third-order valence-electron chi connectivity index (χ3n) is 3.93. The van der Waals surface area contributed by atoms with Gasteiger partial charge in [0.2, 0.25) is 22.9 Å². The number of aromatic nitrogens is 2. The zero-order valence-electron chi connectivity index (χ0n) is 16.8. The fourth-order valence-corrected chi connectivity index (χ4v) is 4.17. The van der Waals surface area contributed by atoms with Crippen LogP contribution in [0.4, 0.5) is 16.5 Å². The molecule has 0 atom stereocenters. The normalized spacial score (nSPS) is 10.4. The van der Waals surface area contributed by atoms with Gasteiger partial charge in [-0.15, -0.1) is 10.2 Å². The molecule has 0 aliphatic carbocycles. The van der Waals surface area contributed by atoms with Crippen LogP contribution in [0, 0.1) is 0 Å². The van der Waals surface area contributed by atoms with Crippen molar-refractivity contribution in [3.05, 3.63) is 60.2 Å². The summed E-state index contributed by atoms with van der Waals surface area (Å²) in [6.45, 7) is 1.42. The average molecular weight is 456 g/mol. The first-order chi connectivity index (χ1) is 15.0. The largest absolute Gasteiger partial charge is 0.326 e. The van der Waals surface area contributed by atoms with E-state index in [-0.39, 0.29) is 23.5 Å². The fourth-order valence-electron chi connectivity index (χ4n) is 2.61. The van der Waals surface area contributed by atoms with Crippen LogP contribution in [0.15, 0.2) is 58.9 Å². The predicted molar refractivity (Wildman–Crippen MR) is 123 cm³/mol. The molecule has 0 fully saturated rings. The summed E-state index contributed by atoms with van der Waals surface area (Å²) in [5, 5.41) is 16.5. The van der Waals surface area contributed by atoms with Crippen molar-refractivity contribution in [2.24, 2.45) is 0 Å². The molecule has 0 aliphatic rings. The summed E-state index contributed by atoms with van der Waals surface area (Å²) >= 11 is 2.45. The van der Waals surface area contributed by atoms with E-state index < -0.39 is 0 Å². The minimum atomic E-state index is -0.214. The minimum absolute atomic E-state index is 0.131. The van der Waals surface area contributed by atoms with E-state index in [4.69, 9.17) is 0 Å². The molecule has 3 aromatic rings. The van der Waals surface area contributed by atoms with Gasteiger partial charge in [-0.2, -0.15) is 0 Å². The topological polar surface area (TPSA) is 113 Å². The average Bonchev–Trinajstić information content (AvgIpc) is 3.18. The van der Waals surface area contributed by atoms with Gasteiger partial charge in [0.1, 0.15) is 0 Å². The Morgan fingerprint density at radius 2 is 1.65 bits per heavy atom. The van der Waals surface area contributed by atoms with Crippen LogP contribution in [0.5, 0.6) is 0 Å². The highest BCUT2D eigenvalue weighted by Gasteiger charge is 2.11. The Morgan fingerprint density at radius 1 is 0.903 bits per heavy atom. The summed E-state index contributed by atoms with van der Waals surface area (Å²) in [4.78, 5) is 35.4. The van der Waals surface area contributed by atoms with Crippen LogP contribution < -0.4 is 16.0 Å². The van der Waals surface area contributed by atoms with Gasteiger partial charge in [0.15, 0.2) is 4.34 Å². The minimum Gasteiger partial charge on any atom is -0.326 e. The second-order valence-corrected chi connectivity index (χ2v) is 8.71. The Balaban J connectivity index is 1.42. The molecule has 3 rings (SSSR count). The number of aryl methyl sites for hydroxylation is 1. The van der Waals surface area contributed by atoms with Gasteiger partial charge in [-0.3, -0.25) is 14.4 Å². The molecule has 0 saturated heterocycles. The molecule has 0 saturated carbocycles. The Hall–Kier alpha value is -3.24. The number of amides is 3. The molecule has 3 amide bonds. The van der Waals surface area contributed by atoms with Gasteiger partial charge in [0.05, 0.1) is 5.75 Å². The predicted octanol–water partition coefficient (Wildman–Crippen LogP) is 3.80. The van der Waals surface area contributed by atoms with Crippen LogP contribution in [0.25, 0.3) is 0 Å². The highest BCUT2D eigenvalue weighted by atomic mass is 32.2. The number of rotatable bonds is 9. The lowest BCUT2D eigenvalue weighted by Gasteiger charge is -2.07. The van der Waals surface area contributed by atoms with Gasteiger partial charge < -0.3 is 16.0 Å². The molecule has 10 heteroatoms. The number of anilines is 3. The van der Waals surface area contributed by atoms with Gasteiger partial charge in [0.25, 0.3) is 0 Å². The second-order valence-electron chi connectivity index (χ2n) is 6.51. The van der Waals surface area contributed by atoms with Gasteiger partial charge in [-0.05, 0) is 30.2 Å². The summed E-state index contributed by atoms with van der Waals surface area (Å²) in [5.41, 5.74) is 2.29. The monoisotopic (exact) mass is 455 g/mol. The standard InChI is InChI=1S/C21H21N5O3S2/c1-14(27)22-16-8-5-9-17(12-16)23-19(29)13-30-21-26-25-20(31-21)24-18(28)11-10-15-6-3-2-4-7-15/h2-9,12H,10-11,13H2,1H3,(H,22,27)(H,23,29)(H,24,25,28). The number of hydrogen-bond acceptors (Lipinski definition) is 7. The van der Waals surface area contributed by atoms with Crippen molar-refractivity contribution < 1.29 is 14.4 Å². The zero-order valence-corrected chi connectivity index (χ0v) is 18.4. The number of benzene rings is 2. The van der Waals surface area contributed by atoms with Crippen LogP contribution in [-0.4, -0.2) is 33.7 Å². The van der Waals surface area contributed by atoms with E-state index in [9.17, 15) is 14.4 Å². The van der Waals surface area contributed by atoms with Crippen LogP contribution in [0.1, 0.15) is 18.9 Å². The molecular formula is C21H21N5O3S2. The molecule has 0 spiro atoms. The number of thioether (sulfide) groups is 1. The summed E-state index contributed by atoms with van der Waals surface area (Å²) in [5.74, 6) is -0.388. The molecule has 3 N–H and O–H groups in total. The maximum atomic E-state index is 12.2. The molecule has 0 aliphatic heterocycles. The number of nitrogens with one attached hydrogen (secondary N) is 3. The van der Waals surface area contributed by atoms with Crippen LogP contribution in [0.2, 0.25) is 0 Å². The molecule has 1 aromatic heterocycles. The molecule has 160 valence electrons. The van der Waals surface area contributed by atoms with Gasteiger partial charge in [-0.1, -0.05) is 59.5 Å². The molecule has 0 unspecified atom stereocenters. The SMILES string of the molecule is CC(=O)Nc1cccc(NC(=O)CSc2nnc(NC(=O)CCc3ccccc3)s2)c1. The van der Waals surface area contributed by atoms with Crippen molar-refractivity contribution in [2.45, 2.75) is 24.1 Å². The maximum absolute atomic E-state index is 12.2. The number of nitrogens with zero attached hydrogens (tertiary/aromatic N) is 2. The molecule has 1 heterocycles. The molecular weight excluding hydrogens is 434 g/mol. The quantitative estimate of drug-likeness (QED) is 0.334. The van der Waals surface area contributed by atoms with Gasteiger partial charge in [-0.25, -0.2) is 0 Å². The summed E-state index contributed by atoms with van der Waals surface area (Å²) in [7, 11) is 0. The smallest absolute Gasteiger partial charge is 0.234 e. The van der Waals surface area contributed by atoms with E-state index in [0.29, 0.717) is 33.7 Å². The van der Waals surface area contributed by atoms with Gasteiger partial charge in [0, 0.05) is 24.7 Å². The van der Waals surface area contributed by atoms with Crippen LogP contribution >= 0.6 is 23.1 Å². The fraction of sp³-hybridized carbons (Fsp3) is 0.190.